The molecule has 1 aromatic rings. The number of carbonyl (C=O) groups excluding carboxylic acids is 1. The highest BCUT2D eigenvalue weighted by Gasteiger charge is 2.17. The van der Waals surface area contributed by atoms with Crippen molar-refractivity contribution in [2.75, 3.05) is 27.3 Å². The number of benzene rings is 1. The third kappa shape index (κ3) is 3.38. The second-order valence-electron chi connectivity index (χ2n) is 4.57. The number of ether oxygens (including phenoxy) is 2. The van der Waals surface area contributed by atoms with Crippen molar-refractivity contribution in [3.63, 3.8) is 0 Å². The van der Waals surface area contributed by atoms with Gasteiger partial charge in [-0.1, -0.05) is 0 Å². The zero-order valence-corrected chi connectivity index (χ0v) is 11.4. The fraction of sp³-hybridized carbons (Fsp3) is 0.500. The van der Waals surface area contributed by atoms with Crippen LogP contribution in [0.5, 0.6) is 11.5 Å². The van der Waals surface area contributed by atoms with E-state index in [1.807, 2.05) is 0 Å². The lowest BCUT2D eigenvalue weighted by Crippen LogP contribution is -2.37. The van der Waals surface area contributed by atoms with Crippen LogP contribution >= 0.6 is 0 Å². The van der Waals surface area contributed by atoms with Gasteiger partial charge in [-0.25, -0.2) is 0 Å². The Morgan fingerprint density at radius 1 is 1.42 bits per heavy atom. The van der Waals surface area contributed by atoms with Crippen LogP contribution in [-0.4, -0.2) is 39.3 Å². The van der Waals surface area contributed by atoms with Gasteiger partial charge in [0.2, 0.25) is 0 Å². The van der Waals surface area contributed by atoms with E-state index >= 15 is 0 Å². The van der Waals surface area contributed by atoms with Gasteiger partial charge in [0.25, 0.3) is 5.91 Å². The van der Waals surface area contributed by atoms with Crippen molar-refractivity contribution in [3.05, 3.63) is 23.8 Å². The van der Waals surface area contributed by atoms with Gasteiger partial charge in [-0.2, -0.15) is 0 Å². The Morgan fingerprint density at radius 3 is 2.89 bits per heavy atom. The number of methoxy groups -OCH3 is 2. The molecule has 1 aliphatic heterocycles. The van der Waals surface area contributed by atoms with E-state index in [9.17, 15) is 4.79 Å². The van der Waals surface area contributed by atoms with Crippen molar-refractivity contribution in [2.45, 2.75) is 18.9 Å². The highest BCUT2D eigenvalue weighted by molar-refractivity contribution is 5.97. The third-order valence-electron chi connectivity index (χ3n) is 3.32. The first-order chi connectivity index (χ1) is 9.24. The largest absolute Gasteiger partial charge is 0.497 e. The summed E-state index contributed by atoms with van der Waals surface area (Å²) in [5.74, 6) is 1.06. The molecule has 2 rings (SSSR count). The van der Waals surface area contributed by atoms with Crippen LogP contribution in [0.1, 0.15) is 23.2 Å². The first-order valence-electron chi connectivity index (χ1n) is 6.48. The van der Waals surface area contributed by atoms with Gasteiger partial charge in [-0.05, 0) is 37.6 Å². The van der Waals surface area contributed by atoms with Crippen LogP contribution in [-0.2, 0) is 0 Å². The van der Waals surface area contributed by atoms with E-state index in [1.165, 1.54) is 6.42 Å². The molecule has 0 aromatic heterocycles. The van der Waals surface area contributed by atoms with Crippen LogP contribution < -0.4 is 20.1 Å². The molecule has 0 bridgehead atoms. The predicted molar refractivity (Wildman–Crippen MR) is 72.9 cm³/mol. The maximum absolute atomic E-state index is 12.2. The van der Waals surface area contributed by atoms with E-state index in [0.29, 0.717) is 29.6 Å². The van der Waals surface area contributed by atoms with E-state index in [4.69, 9.17) is 9.47 Å². The molecule has 19 heavy (non-hydrogen) atoms. The molecule has 1 saturated heterocycles. The van der Waals surface area contributed by atoms with Crippen LogP contribution in [0.2, 0.25) is 0 Å². The predicted octanol–water partition coefficient (Wildman–Crippen LogP) is 1.19. The van der Waals surface area contributed by atoms with Crippen LogP contribution in [0.4, 0.5) is 0 Å². The van der Waals surface area contributed by atoms with E-state index in [-0.39, 0.29) is 5.91 Å². The normalized spacial score (nSPS) is 18.1. The van der Waals surface area contributed by atoms with E-state index in [0.717, 1.165) is 13.0 Å². The standard InChI is InChI=1S/C14H20N2O3/c1-18-11-5-6-13(19-2)12(8-11)14(17)16-9-10-4-3-7-15-10/h5-6,8,10,15H,3-4,7,9H2,1-2H3,(H,16,17). The summed E-state index contributed by atoms with van der Waals surface area (Å²) < 4.78 is 10.3. The lowest BCUT2D eigenvalue weighted by atomic mass is 10.1. The zero-order chi connectivity index (χ0) is 13.7. The molecule has 1 amide bonds. The minimum Gasteiger partial charge on any atom is -0.497 e. The highest BCUT2D eigenvalue weighted by Crippen LogP contribution is 2.23. The summed E-state index contributed by atoms with van der Waals surface area (Å²) in [6.45, 7) is 1.67. The van der Waals surface area contributed by atoms with Gasteiger partial charge in [-0.3, -0.25) is 4.79 Å². The average molecular weight is 264 g/mol. The number of hydrogen-bond donors (Lipinski definition) is 2. The number of hydrogen-bond acceptors (Lipinski definition) is 4. The average Bonchev–Trinajstić information content (AvgIpc) is 2.97. The van der Waals surface area contributed by atoms with Crippen LogP contribution in [0.3, 0.4) is 0 Å². The molecule has 0 aliphatic carbocycles. The maximum Gasteiger partial charge on any atom is 0.255 e. The molecular formula is C14H20N2O3. The molecule has 1 atom stereocenters. The fourth-order valence-electron chi connectivity index (χ4n) is 2.23. The van der Waals surface area contributed by atoms with Crippen molar-refractivity contribution in [1.29, 1.82) is 0 Å². The fourth-order valence-corrected chi connectivity index (χ4v) is 2.23. The highest BCUT2D eigenvalue weighted by atomic mass is 16.5. The molecule has 0 spiro atoms. The molecule has 1 aliphatic rings. The van der Waals surface area contributed by atoms with Gasteiger partial charge < -0.3 is 20.1 Å². The minimum absolute atomic E-state index is 0.135. The quantitative estimate of drug-likeness (QED) is 0.838. The molecule has 5 heteroatoms. The van der Waals surface area contributed by atoms with Gasteiger partial charge in [0.15, 0.2) is 0 Å². The van der Waals surface area contributed by atoms with Crippen molar-refractivity contribution in [3.8, 4) is 11.5 Å². The maximum atomic E-state index is 12.2. The van der Waals surface area contributed by atoms with Crippen LogP contribution in [0.15, 0.2) is 18.2 Å². The Labute approximate surface area is 113 Å². The summed E-state index contributed by atoms with van der Waals surface area (Å²) in [4.78, 5) is 12.2. The Balaban J connectivity index is 2.03. The molecule has 1 unspecified atom stereocenters. The molecule has 2 N–H and O–H groups in total. The topological polar surface area (TPSA) is 59.6 Å². The Kier molecular flexibility index (Phi) is 4.63. The molecule has 1 fully saturated rings. The summed E-state index contributed by atoms with van der Waals surface area (Å²) in [7, 11) is 3.13. The summed E-state index contributed by atoms with van der Waals surface area (Å²) in [5.41, 5.74) is 0.500. The lowest BCUT2D eigenvalue weighted by Gasteiger charge is -2.13. The second-order valence-corrected chi connectivity index (χ2v) is 4.57. The Morgan fingerprint density at radius 2 is 2.26 bits per heavy atom. The van der Waals surface area contributed by atoms with Gasteiger partial charge in [0.1, 0.15) is 11.5 Å². The SMILES string of the molecule is COc1ccc(OC)c(C(=O)NCC2CCCN2)c1. The number of nitrogens with one attached hydrogen (secondary N) is 2. The van der Waals surface area contributed by atoms with Crippen molar-refractivity contribution in [2.24, 2.45) is 0 Å². The van der Waals surface area contributed by atoms with E-state index in [2.05, 4.69) is 10.6 Å². The van der Waals surface area contributed by atoms with E-state index in [1.54, 1.807) is 32.4 Å². The van der Waals surface area contributed by atoms with Crippen LogP contribution in [0, 0.1) is 0 Å². The second kappa shape index (κ2) is 6.43. The summed E-state index contributed by atoms with van der Waals surface area (Å²) in [6.07, 6.45) is 2.28. The summed E-state index contributed by atoms with van der Waals surface area (Å²) in [5, 5.41) is 6.27. The third-order valence-corrected chi connectivity index (χ3v) is 3.32. The molecule has 1 heterocycles. The molecule has 1 aromatic carbocycles. The van der Waals surface area contributed by atoms with Crippen molar-refractivity contribution in [1.82, 2.24) is 10.6 Å². The van der Waals surface area contributed by atoms with Crippen molar-refractivity contribution >= 4 is 5.91 Å². The number of rotatable bonds is 5. The Bertz CT molecular complexity index is 442. The molecule has 5 nitrogen and oxygen atoms in total. The van der Waals surface area contributed by atoms with Crippen molar-refractivity contribution < 1.29 is 14.3 Å². The van der Waals surface area contributed by atoms with Gasteiger partial charge in [0, 0.05) is 12.6 Å². The van der Waals surface area contributed by atoms with Gasteiger partial charge in [0.05, 0.1) is 19.8 Å². The molecule has 0 saturated carbocycles. The molecule has 104 valence electrons. The van der Waals surface area contributed by atoms with Gasteiger partial charge in [-0.15, -0.1) is 0 Å². The Hall–Kier alpha value is -1.75. The van der Waals surface area contributed by atoms with E-state index < -0.39 is 0 Å². The summed E-state index contributed by atoms with van der Waals surface area (Å²) in [6, 6.07) is 5.58. The smallest absolute Gasteiger partial charge is 0.255 e. The number of carbonyl (C=O) groups is 1. The van der Waals surface area contributed by atoms with Gasteiger partial charge >= 0.3 is 0 Å². The lowest BCUT2D eigenvalue weighted by molar-refractivity contribution is 0.0947. The molecular weight excluding hydrogens is 244 g/mol. The summed E-state index contributed by atoms with van der Waals surface area (Å²) >= 11 is 0. The molecule has 0 radical (unpaired) electrons. The minimum atomic E-state index is -0.135. The number of amides is 1. The monoisotopic (exact) mass is 264 g/mol. The first-order valence-corrected chi connectivity index (χ1v) is 6.48. The zero-order valence-electron chi connectivity index (χ0n) is 11.4. The first kappa shape index (κ1) is 13.7. The van der Waals surface area contributed by atoms with Crippen LogP contribution in [0.25, 0.3) is 0 Å².